The van der Waals surface area contributed by atoms with Crippen LogP contribution < -0.4 is 0 Å². The highest BCUT2D eigenvalue weighted by molar-refractivity contribution is 5.97. The molecular formula is C23H28O2. The Morgan fingerprint density at radius 1 is 1.12 bits per heavy atom. The van der Waals surface area contributed by atoms with Crippen molar-refractivity contribution < 1.29 is 9.53 Å². The monoisotopic (exact) mass is 336 g/mol. The third kappa shape index (κ3) is 3.78. The standard InChI is InChI=1S/C23H28O2/c1-4-5-6-7-9-17-12-13-18-10-8-11-20-21(25-23(24)16(2)3)15-14-19(17)22(18)20/h8,10-16,21H,4-7,9H2,1-3H3. The fourth-order valence-electron chi connectivity index (χ4n) is 3.52. The second-order valence-electron chi connectivity index (χ2n) is 7.27. The van der Waals surface area contributed by atoms with Crippen molar-refractivity contribution in [2.24, 2.45) is 5.92 Å². The second kappa shape index (κ2) is 7.86. The summed E-state index contributed by atoms with van der Waals surface area (Å²) in [6.45, 7) is 5.99. The highest BCUT2D eigenvalue weighted by atomic mass is 16.5. The van der Waals surface area contributed by atoms with Crippen molar-refractivity contribution in [2.75, 3.05) is 0 Å². The van der Waals surface area contributed by atoms with Gasteiger partial charge in [-0.1, -0.05) is 76.4 Å². The molecule has 1 aliphatic rings. The van der Waals surface area contributed by atoms with Crippen LogP contribution in [0.15, 0.2) is 36.4 Å². The zero-order valence-electron chi connectivity index (χ0n) is 15.5. The summed E-state index contributed by atoms with van der Waals surface area (Å²) < 4.78 is 5.73. The number of benzene rings is 2. The molecule has 0 amide bonds. The van der Waals surface area contributed by atoms with Gasteiger partial charge in [-0.05, 0) is 40.8 Å². The van der Waals surface area contributed by atoms with Gasteiger partial charge in [0.1, 0.15) is 6.10 Å². The van der Waals surface area contributed by atoms with Gasteiger partial charge in [0.2, 0.25) is 0 Å². The molecule has 0 spiro atoms. The molecule has 1 unspecified atom stereocenters. The molecule has 2 aromatic carbocycles. The van der Waals surface area contributed by atoms with E-state index in [1.165, 1.54) is 47.6 Å². The number of rotatable bonds is 7. The van der Waals surface area contributed by atoms with E-state index < -0.39 is 0 Å². The molecular weight excluding hydrogens is 308 g/mol. The summed E-state index contributed by atoms with van der Waals surface area (Å²) in [6, 6.07) is 10.8. The summed E-state index contributed by atoms with van der Waals surface area (Å²) in [5, 5.41) is 2.47. The largest absolute Gasteiger partial charge is 0.453 e. The molecule has 0 saturated heterocycles. The summed E-state index contributed by atoms with van der Waals surface area (Å²) in [6.07, 6.45) is 10.1. The molecule has 25 heavy (non-hydrogen) atoms. The normalized spacial score (nSPS) is 15.8. The molecule has 1 atom stereocenters. The van der Waals surface area contributed by atoms with Crippen molar-refractivity contribution in [2.45, 2.75) is 59.0 Å². The van der Waals surface area contributed by atoms with Gasteiger partial charge >= 0.3 is 5.97 Å². The average molecular weight is 336 g/mol. The van der Waals surface area contributed by atoms with E-state index in [-0.39, 0.29) is 18.0 Å². The second-order valence-corrected chi connectivity index (χ2v) is 7.27. The van der Waals surface area contributed by atoms with Crippen molar-refractivity contribution in [3.8, 4) is 0 Å². The molecule has 0 heterocycles. The van der Waals surface area contributed by atoms with Gasteiger partial charge in [0, 0.05) is 5.56 Å². The smallest absolute Gasteiger partial charge is 0.309 e. The molecule has 2 aromatic rings. The summed E-state index contributed by atoms with van der Waals surface area (Å²) in [7, 11) is 0. The van der Waals surface area contributed by atoms with Gasteiger partial charge in [0.25, 0.3) is 0 Å². The lowest BCUT2D eigenvalue weighted by molar-refractivity contribution is -0.150. The minimum absolute atomic E-state index is 0.112. The molecule has 0 fully saturated rings. The van der Waals surface area contributed by atoms with Crippen molar-refractivity contribution in [1.82, 2.24) is 0 Å². The van der Waals surface area contributed by atoms with Crippen molar-refractivity contribution in [3.63, 3.8) is 0 Å². The van der Waals surface area contributed by atoms with E-state index in [0.717, 1.165) is 12.0 Å². The lowest BCUT2D eigenvalue weighted by Gasteiger charge is -2.24. The van der Waals surface area contributed by atoms with E-state index >= 15 is 0 Å². The number of carbonyl (C=O) groups is 1. The van der Waals surface area contributed by atoms with E-state index in [1.54, 1.807) is 0 Å². The van der Waals surface area contributed by atoms with Crippen LogP contribution in [0.25, 0.3) is 16.8 Å². The SMILES string of the molecule is CCCCCCc1ccc2cccc3c2c1C=CC3OC(=O)C(C)C. The fraction of sp³-hybridized carbons (Fsp3) is 0.435. The fourth-order valence-corrected chi connectivity index (χ4v) is 3.52. The number of esters is 1. The Kier molecular flexibility index (Phi) is 5.57. The topological polar surface area (TPSA) is 26.3 Å². The summed E-state index contributed by atoms with van der Waals surface area (Å²) in [4.78, 5) is 12.1. The molecule has 0 N–H and O–H groups in total. The van der Waals surface area contributed by atoms with E-state index in [2.05, 4.69) is 43.3 Å². The van der Waals surface area contributed by atoms with Gasteiger partial charge in [-0.3, -0.25) is 4.79 Å². The van der Waals surface area contributed by atoms with Gasteiger partial charge in [-0.25, -0.2) is 0 Å². The van der Waals surface area contributed by atoms with E-state index in [4.69, 9.17) is 4.74 Å². The summed E-state index contributed by atoms with van der Waals surface area (Å²) in [5.74, 6) is -0.260. The number of unbranched alkanes of at least 4 members (excludes halogenated alkanes) is 3. The zero-order valence-corrected chi connectivity index (χ0v) is 15.5. The van der Waals surface area contributed by atoms with Crippen LogP contribution in [-0.4, -0.2) is 5.97 Å². The van der Waals surface area contributed by atoms with Crippen LogP contribution in [0.5, 0.6) is 0 Å². The molecule has 0 aromatic heterocycles. The predicted molar refractivity (Wildman–Crippen MR) is 104 cm³/mol. The molecule has 132 valence electrons. The van der Waals surface area contributed by atoms with Crippen molar-refractivity contribution in [1.29, 1.82) is 0 Å². The Labute approximate surface area is 150 Å². The Bertz CT molecular complexity index is 786. The number of carbonyl (C=O) groups excluding carboxylic acids is 1. The first-order chi connectivity index (χ1) is 12.1. The van der Waals surface area contributed by atoms with Crippen molar-refractivity contribution >= 4 is 22.8 Å². The number of ether oxygens (including phenoxy) is 1. The highest BCUT2D eigenvalue weighted by Gasteiger charge is 2.23. The van der Waals surface area contributed by atoms with Gasteiger partial charge < -0.3 is 4.74 Å². The maximum Gasteiger partial charge on any atom is 0.309 e. The zero-order chi connectivity index (χ0) is 17.8. The Balaban J connectivity index is 1.93. The van der Waals surface area contributed by atoms with Crippen LogP contribution in [-0.2, 0) is 16.0 Å². The van der Waals surface area contributed by atoms with Gasteiger partial charge in [0.05, 0.1) is 5.92 Å². The van der Waals surface area contributed by atoms with Crippen LogP contribution in [0.2, 0.25) is 0 Å². The highest BCUT2D eigenvalue weighted by Crippen LogP contribution is 2.37. The van der Waals surface area contributed by atoms with Gasteiger partial charge in [-0.2, -0.15) is 0 Å². The van der Waals surface area contributed by atoms with Crippen LogP contribution in [0, 0.1) is 5.92 Å². The van der Waals surface area contributed by atoms with Gasteiger partial charge in [-0.15, -0.1) is 0 Å². The molecule has 0 saturated carbocycles. The summed E-state index contributed by atoms with van der Waals surface area (Å²) >= 11 is 0. The first-order valence-electron chi connectivity index (χ1n) is 9.55. The third-order valence-electron chi connectivity index (χ3n) is 4.97. The van der Waals surface area contributed by atoms with Crippen molar-refractivity contribution in [3.05, 3.63) is 53.1 Å². The van der Waals surface area contributed by atoms with Crippen LogP contribution in [0.3, 0.4) is 0 Å². The lowest BCUT2D eigenvalue weighted by atomic mass is 9.87. The number of hydrogen-bond donors (Lipinski definition) is 0. The maximum atomic E-state index is 12.1. The van der Waals surface area contributed by atoms with Crippen LogP contribution in [0.4, 0.5) is 0 Å². The Morgan fingerprint density at radius 3 is 2.72 bits per heavy atom. The molecule has 0 aliphatic heterocycles. The number of hydrogen-bond acceptors (Lipinski definition) is 2. The molecule has 2 nitrogen and oxygen atoms in total. The molecule has 0 radical (unpaired) electrons. The van der Waals surface area contributed by atoms with Crippen LogP contribution >= 0.6 is 0 Å². The number of aryl methyl sites for hydroxylation is 1. The minimum atomic E-state index is -0.276. The van der Waals surface area contributed by atoms with E-state index in [1.807, 2.05) is 19.9 Å². The first kappa shape index (κ1) is 17.7. The first-order valence-corrected chi connectivity index (χ1v) is 9.55. The average Bonchev–Trinajstić information content (AvgIpc) is 2.62. The van der Waals surface area contributed by atoms with Gasteiger partial charge in [0.15, 0.2) is 0 Å². The maximum absolute atomic E-state index is 12.1. The summed E-state index contributed by atoms with van der Waals surface area (Å²) in [5.41, 5.74) is 3.82. The third-order valence-corrected chi connectivity index (χ3v) is 4.97. The Morgan fingerprint density at radius 2 is 1.96 bits per heavy atom. The van der Waals surface area contributed by atoms with E-state index in [9.17, 15) is 4.79 Å². The lowest BCUT2D eigenvalue weighted by Crippen LogP contribution is -2.16. The Hall–Kier alpha value is -2.09. The molecule has 3 rings (SSSR count). The van der Waals surface area contributed by atoms with E-state index in [0.29, 0.717) is 0 Å². The van der Waals surface area contributed by atoms with Crippen LogP contribution in [0.1, 0.15) is 69.2 Å². The molecule has 2 heteroatoms. The molecule has 1 aliphatic carbocycles. The predicted octanol–water partition coefficient (Wildman–Crippen LogP) is 6.23. The quantitative estimate of drug-likeness (QED) is 0.442. The minimum Gasteiger partial charge on any atom is -0.453 e. The molecule has 0 bridgehead atoms.